The van der Waals surface area contributed by atoms with Gasteiger partial charge in [-0.2, -0.15) is 0 Å². The van der Waals surface area contributed by atoms with Crippen LogP contribution < -0.4 is 0 Å². The molecule has 0 radical (unpaired) electrons. The first-order valence-corrected chi connectivity index (χ1v) is 6.01. The van der Waals surface area contributed by atoms with Gasteiger partial charge >= 0.3 is 0 Å². The van der Waals surface area contributed by atoms with Gasteiger partial charge in [0.1, 0.15) is 6.29 Å². The van der Waals surface area contributed by atoms with E-state index in [1.165, 1.54) is 19.3 Å². The van der Waals surface area contributed by atoms with Gasteiger partial charge in [-0.15, -0.1) is 0 Å². The molecular weight excluding hydrogens is 172 g/mol. The Morgan fingerprint density at radius 1 is 1.43 bits per heavy atom. The first-order valence-electron chi connectivity index (χ1n) is 6.01. The summed E-state index contributed by atoms with van der Waals surface area (Å²) < 4.78 is 0. The van der Waals surface area contributed by atoms with E-state index in [0.29, 0.717) is 5.41 Å². The van der Waals surface area contributed by atoms with Crippen molar-refractivity contribution < 1.29 is 4.79 Å². The molecule has 0 aromatic heterocycles. The lowest BCUT2D eigenvalue weighted by atomic mass is 9.45. The smallest absolute Gasteiger partial charge is 0.122 e. The Hall–Kier alpha value is -0.330. The van der Waals surface area contributed by atoms with Gasteiger partial charge in [0.05, 0.1) is 0 Å². The van der Waals surface area contributed by atoms with Gasteiger partial charge in [-0.3, -0.25) is 0 Å². The van der Waals surface area contributed by atoms with Crippen LogP contribution in [0.3, 0.4) is 0 Å². The highest BCUT2D eigenvalue weighted by Gasteiger charge is 2.53. The van der Waals surface area contributed by atoms with Crippen molar-refractivity contribution in [3.05, 3.63) is 0 Å². The number of hydrogen-bond donors (Lipinski definition) is 0. The number of aldehydes is 1. The summed E-state index contributed by atoms with van der Waals surface area (Å²) in [5.41, 5.74) is 0.575. The van der Waals surface area contributed by atoms with Crippen molar-refractivity contribution in [1.29, 1.82) is 0 Å². The Labute approximate surface area is 87.3 Å². The molecule has 3 fully saturated rings. The minimum atomic E-state index is 0.271. The van der Waals surface area contributed by atoms with Crippen LogP contribution in [0.2, 0.25) is 0 Å². The van der Waals surface area contributed by atoms with Crippen molar-refractivity contribution in [2.75, 3.05) is 0 Å². The fraction of sp³-hybridized carbons (Fsp3) is 0.923. The van der Waals surface area contributed by atoms with Crippen molar-refractivity contribution in [2.24, 2.45) is 29.1 Å². The second-order valence-electron chi connectivity index (χ2n) is 6.05. The monoisotopic (exact) mass is 194 g/mol. The van der Waals surface area contributed by atoms with Crippen LogP contribution in [0.1, 0.15) is 46.5 Å². The molecule has 0 aromatic rings. The van der Waals surface area contributed by atoms with Gasteiger partial charge in [-0.25, -0.2) is 0 Å². The zero-order valence-corrected chi connectivity index (χ0v) is 9.62. The van der Waals surface area contributed by atoms with Crippen LogP contribution in [0.4, 0.5) is 0 Å². The third kappa shape index (κ3) is 1.41. The van der Waals surface area contributed by atoms with Crippen LogP contribution >= 0.6 is 0 Å². The number of carbonyl (C=O) groups excluding carboxylic acids is 1. The predicted molar refractivity (Wildman–Crippen MR) is 57.9 cm³/mol. The van der Waals surface area contributed by atoms with Crippen LogP contribution in [-0.2, 0) is 4.79 Å². The average molecular weight is 194 g/mol. The van der Waals surface area contributed by atoms with Crippen molar-refractivity contribution >= 4 is 6.29 Å². The van der Waals surface area contributed by atoms with E-state index < -0.39 is 0 Å². The maximum Gasteiger partial charge on any atom is 0.122 e. The summed E-state index contributed by atoms with van der Waals surface area (Å²) in [5.74, 6) is 2.99. The molecule has 2 bridgehead atoms. The summed E-state index contributed by atoms with van der Waals surface area (Å²) in [6.07, 6.45) is 6.46. The van der Waals surface area contributed by atoms with Gasteiger partial charge in [-0.1, -0.05) is 20.8 Å². The maximum atomic E-state index is 10.7. The van der Waals surface area contributed by atoms with Crippen molar-refractivity contribution in [1.82, 2.24) is 0 Å². The van der Waals surface area contributed by atoms with Crippen LogP contribution in [0.5, 0.6) is 0 Å². The Kier molecular flexibility index (Phi) is 2.45. The lowest BCUT2D eigenvalue weighted by Gasteiger charge is -2.60. The summed E-state index contributed by atoms with van der Waals surface area (Å²) in [6.45, 7) is 6.90. The minimum Gasteiger partial charge on any atom is -0.303 e. The molecule has 3 rings (SSSR count). The van der Waals surface area contributed by atoms with E-state index in [9.17, 15) is 4.79 Å². The lowest BCUT2D eigenvalue weighted by Crippen LogP contribution is -2.52. The van der Waals surface area contributed by atoms with E-state index in [-0.39, 0.29) is 5.92 Å². The van der Waals surface area contributed by atoms with Crippen LogP contribution in [0, 0.1) is 29.1 Å². The fourth-order valence-corrected chi connectivity index (χ4v) is 3.78. The summed E-state index contributed by atoms with van der Waals surface area (Å²) in [7, 11) is 0. The molecule has 0 saturated heterocycles. The molecule has 0 aromatic carbocycles. The van der Waals surface area contributed by atoms with Gasteiger partial charge in [0.25, 0.3) is 0 Å². The first kappa shape index (κ1) is 10.2. The Balaban J connectivity index is 1.97. The molecule has 3 saturated carbocycles. The van der Waals surface area contributed by atoms with Gasteiger partial charge < -0.3 is 4.79 Å². The van der Waals surface area contributed by atoms with E-state index >= 15 is 0 Å². The Bertz CT molecular complexity index is 229. The van der Waals surface area contributed by atoms with E-state index in [1.807, 2.05) is 0 Å². The third-order valence-corrected chi connectivity index (χ3v) is 4.91. The van der Waals surface area contributed by atoms with E-state index in [1.54, 1.807) is 0 Å². The van der Waals surface area contributed by atoms with Crippen LogP contribution in [-0.4, -0.2) is 6.29 Å². The molecule has 3 aliphatic rings. The van der Waals surface area contributed by atoms with E-state index in [2.05, 4.69) is 20.8 Å². The molecule has 80 valence electrons. The zero-order valence-electron chi connectivity index (χ0n) is 9.62. The SMILES string of the molecule is CC(C=O)C[C@@H]1CC[C@H]2C[C@@H]1C2(C)C. The summed E-state index contributed by atoms with van der Waals surface area (Å²) in [4.78, 5) is 10.7. The van der Waals surface area contributed by atoms with Gasteiger partial charge in [0.2, 0.25) is 0 Å². The quantitative estimate of drug-likeness (QED) is 0.630. The largest absolute Gasteiger partial charge is 0.303 e. The van der Waals surface area contributed by atoms with E-state index in [0.717, 1.165) is 30.5 Å². The third-order valence-electron chi connectivity index (χ3n) is 4.91. The predicted octanol–water partition coefficient (Wildman–Crippen LogP) is 3.28. The molecular formula is C13H22O. The minimum absolute atomic E-state index is 0.271. The number of carbonyl (C=O) groups is 1. The average Bonchev–Trinajstić information content (AvgIpc) is 2.17. The molecule has 0 N–H and O–H groups in total. The van der Waals surface area contributed by atoms with Crippen molar-refractivity contribution in [2.45, 2.75) is 46.5 Å². The van der Waals surface area contributed by atoms with Gasteiger partial charge in [0.15, 0.2) is 0 Å². The van der Waals surface area contributed by atoms with Crippen molar-refractivity contribution in [3.63, 3.8) is 0 Å². The molecule has 4 atom stereocenters. The maximum absolute atomic E-state index is 10.7. The van der Waals surface area contributed by atoms with Crippen molar-refractivity contribution in [3.8, 4) is 0 Å². The molecule has 0 heterocycles. The highest BCUT2D eigenvalue weighted by atomic mass is 16.1. The summed E-state index contributed by atoms with van der Waals surface area (Å²) in [6, 6.07) is 0. The molecule has 0 amide bonds. The first-order chi connectivity index (χ1) is 6.55. The standard InChI is InChI=1S/C13H22O/c1-9(8-14)6-10-4-5-11-7-12(10)13(11,2)3/h8-12H,4-7H2,1-3H3/t9?,10-,11-,12-/m0/s1. The molecule has 3 aliphatic carbocycles. The molecule has 0 aliphatic heterocycles. The Morgan fingerprint density at radius 3 is 2.64 bits per heavy atom. The van der Waals surface area contributed by atoms with Gasteiger partial charge in [0, 0.05) is 5.92 Å². The number of fused-ring (bicyclic) bond motifs is 2. The number of hydrogen-bond acceptors (Lipinski definition) is 1. The number of rotatable bonds is 3. The van der Waals surface area contributed by atoms with Crippen LogP contribution in [0.25, 0.3) is 0 Å². The second-order valence-corrected chi connectivity index (χ2v) is 6.05. The fourth-order valence-electron chi connectivity index (χ4n) is 3.78. The lowest BCUT2D eigenvalue weighted by molar-refractivity contribution is -0.119. The molecule has 0 spiro atoms. The second kappa shape index (κ2) is 3.36. The summed E-state index contributed by atoms with van der Waals surface area (Å²) in [5, 5.41) is 0. The topological polar surface area (TPSA) is 17.1 Å². The molecule has 1 nitrogen and oxygen atoms in total. The highest BCUT2D eigenvalue weighted by Crippen LogP contribution is 2.62. The molecule has 1 unspecified atom stereocenters. The normalized spacial score (nSPS) is 41.2. The molecule has 14 heavy (non-hydrogen) atoms. The van der Waals surface area contributed by atoms with Gasteiger partial charge in [-0.05, 0) is 48.9 Å². The van der Waals surface area contributed by atoms with Crippen LogP contribution in [0.15, 0.2) is 0 Å². The zero-order chi connectivity index (χ0) is 10.3. The summed E-state index contributed by atoms with van der Waals surface area (Å²) >= 11 is 0. The highest BCUT2D eigenvalue weighted by molar-refractivity contribution is 5.52. The van der Waals surface area contributed by atoms with E-state index in [4.69, 9.17) is 0 Å². The Morgan fingerprint density at radius 2 is 2.14 bits per heavy atom. The molecule has 1 heteroatoms.